The van der Waals surface area contributed by atoms with Crippen LogP contribution in [0.1, 0.15) is 16.8 Å². The molecule has 0 aliphatic carbocycles. The van der Waals surface area contributed by atoms with E-state index in [0.717, 1.165) is 34.0 Å². The minimum Gasteiger partial charge on any atom is -0.497 e. The number of aromatic nitrogens is 1. The molecule has 1 amide bonds. The first-order valence-electron chi connectivity index (χ1n) is 11.0. The number of thioether (sulfide) groups is 1. The van der Waals surface area contributed by atoms with Crippen molar-refractivity contribution in [1.82, 2.24) is 9.47 Å². The van der Waals surface area contributed by atoms with Crippen molar-refractivity contribution < 1.29 is 9.53 Å². The summed E-state index contributed by atoms with van der Waals surface area (Å²) in [6.07, 6.45) is 2.07. The fourth-order valence-corrected chi connectivity index (χ4v) is 4.52. The molecular formula is C28H28N2O2S. The second-order valence-corrected chi connectivity index (χ2v) is 8.86. The number of carbonyl (C=O) groups excluding carboxylic acids is 1. The number of benzene rings is 3. The Balaban J connectivity index is 1.50. The van der Waals surface area contributed by atoms with Crippen LogP contribution in [0.3, 0.4) is 0 Å². The zero-order valence-corrected chi connectivity index (χ0v) is 19.6. The molecular weight excluding hydrogens is 428 g/mol. The Labute approximate surface area is 199 Å². The van der Waals surface area contributed by atoms with Crippen LogP contribution in [0.4, 0.5) is 0 Å². The van der Waals surface area contributed by atoms with E-state index >= 15 is 0 Å². The highest BCUT2D eigenvalue weighted by Gasteiger charge is 2.17. The Morgan fingerprint density at radius 2 is 1.58 bits per heavy atom. The Bertz CT molecular complexity index is 1160. The Morgan fingerprint density at radius 3 is 2.33 bits per heavy atom. The normalized spacial score (nSPS) is 10.7. The summed E-state index contributed by atoms with van der Waals surface area (Å²) in [5.74, 6) is 1.38. The van der Waals surface area contributed by atoms with Crippen molar-refractivity contribution in [3.8, 4) is 5.75 Å². The van der Waals surface area contributed by atoms with Gasteiger partial charge in [-0.25, -0.2) is 0 Å². The number of hydrogen-bond donors (Lipinski definition) is 0. The third kappa shape index (κ3) is 6.53. The van der Waals surface area contributed by atoms with E-state index < -0.39 is 0 Å². The van der Waals surface area contributed by atoms with E-state index in [4.69, 9.17) is 4.74 Å². The van der Waals surface area contributed by atoms with Crippen LogP contribution in [0.15, 0.2) is 108 Å². The van der Waals surface area contributed by atoms with Crippen LogP contribution in [0.2, 0.25) is 0 Å². The molecule has 0 fully saturated rings. The molecule has 0 saturated carbocycles. The molecule has 1 heterocycles. The van der Waals surface area contributed by atoms with Crippen molar-refractivity contribution in [3.05, 3.63) is 120 Å². The molecule has 4 nitrogen and oxygen atoms in total. The van der Waals surface area contributed by atoms with Gasteiger partial charge in [0.05, 0.1) is 19.4 Å². The summed E-state index contributed by atoms with van der Waals surface area (Å²) < 4.78 is 7.56. The van der Waals surface area contributed by atoms with Gasteiger partial charge in [-0.05, 0) is 47.5 Å². The molecule has 1 aromatic heterocycles. The van der Waals surface area contributed by atoms with Gasteiger partial charge in [-0.2, -0.15) is 0 Å². The summed E-state index contributed by atoms with van der Waals surface area (Å²) in [5, 5.41) is 0. The lowest BCUT2D eigenvalue weighted by Crippen LogP contribution is -2.32. The second kappa shape index (κ2) is 11.4. The number of nitrogens with zero attached hydrogens (tertiary/aromatic N) is 2. The molecule has 5 heteroatoms. The summed E-state index contributed by atoms with van der Waals surface area (Å²) in [6.45, 7) is 1.87. The number of hydrogen-bond acceptors (Lipinski definition) is 3. The van der Waals surface area contributed by atoms with Crippen LogP contribution < -0.4 is 4.74 Å². The molecule has 168 valence electrons. The van der Waals surface area contributed by atoms with Gasteiger partial charge in [0.2, 0.25) is 5.91 Å². The van der Waals surface area contributed by atoms with Gasteiger partial charge in [-0.1, -0.05) is 60.7 Å². The van der Waals surface area contributed by atoms with Gasteiger partial charge < -0.3 is 14.2 Å². The van der Waals surface area contributed by atoms with Crippen molar-refractivity contribution >= 4 is 17.7 Å². The van der Waals surface area contributed by atoms with Gasteiger partial charge >= 0.3 is 0 Å². The lowest BCUT2D eigenvalue weighted by Gasteiger charge is -2.24. The molecule has 0 N–H and O–H groups in total. The van der Waals surface area contributed by atoms with E-state index in [1.54, 1.807) is 18.9 Å². The van der Waals surface area contributed by atoms with Crippen molar-refractivity contribution in [2.45, 2.75) is 24.5 Å². The average molecular weight is 457 g/mol. The van der Waals surface area contributed by atoms with Gasteiger partial charge in [-0.3, -0.25) is 4.79 Å². The topological polar surface area (TPSA) is 34.5 Å². The summed E-state index contributed by atoms with van der Waals surface area (Å²) >= 11 is 1.58. The third-order valence-corrected chi connectivity index (χ3v) is 6.43. The zero-order chi connectivity index (χ0) is 22.9. The van der Waals surface area contributed by atoms with Crippen LogP contribution in [0.25, 0.3) is 0 Å². The zero-order valence-electron chi connectivity index (χ0n) is 18.8. The van der Waals surface area contributed by atoms with Crippen molar-refractivity contribution in [1.29, 1.82) is 0 Å². The quantitative estimate of drug-likeness (QED) is 0.280. The first-order chi connectivity index (χ1) is 16.2. The summed E-state index contributed by atoms with van der Waals surface area (Å²) in [4.78, 5) is 16.3. The molecule has 4 aromatic rings. The smallest absolute Gasteiger partial charge is 0.233 e. The van der Waals surface area contributed by atoms with E-state index in [9.17, 15) is 4.79 Å². The minimum absolute atomic E-state index is 0.127. The van der Waals surface area contributed by atoms with E-state index in [2.05, 4.69) is 35.0 Å². The van der Waals surface area contributed by atoms with E-state index in [1.165, 1.54) is 0 Å². The van der Waals surface area contributed by atoms with Crippen molar-refractivity contribution in [2.24, 2.45) is 0 Å². The molecule has 0 aliphatic rings. The third-order valence-electron chi connectivity index (χ3n) is 5.44. The Morgan fingerprint density at radius 1 is 0.848 bits per heavy atom. The number of methoxy groups -OCH3 is 1. The predicted molar refractivity (Wildman–Crippen MR) is 134 cm³/mol. The lowest BCUT2D eigenvalue weighted by atomic mass is 10.2. The maximum absolute atomic E-state index is 13.3. The average Bonchev–Trinajstić information content (AvgIpc) is 3.30. The van der Waals surface area contributed by atoms with Crippen molar-refractivity contribution in [2.75, 3.05) is 12.9 Å². The first-order valence-corrected chi connectivity index (χ1v) is 12.0. The fourth-order valence-electron chi connectivity index (χ4n) is 3.70. The van der Waals surface area contributed by atoms with E-state index in [-0.39, 0.29) is 5.91 Å². The molecule has 0 radical (unpaired) electrons. The SMILES string of the molecule is COc1cccc(Cn2cccc2CN(Cc2ccccc2)C(=O)CSc2ccccc2)c1. The summed E-state index contributed by atoms with van der Waals surface area (Å²) in [5.41, 5.74) is 3.39. The van der Waals surface area contributed by atoms with Gasteiger partial charge in [0, 0.05) is 29.9 Å². The van der Waals surface area contributed by atoms with Gasteiger partial charge in [0.15, 0.2) is 0 Å². The molecule has 0 atom stereocenters. The first kappa shape index (κ1) is 22.7. The van der Waals surface area contributed by atoms with Crippen LogP contribution in [-0.2, 0) is 24.4 Å². The largest absolute Gasteiger partial charge is 0.497 e. The molecule has 33 heavy (non-hydrogen) atoms. The molecule has 0 bridgehead atoms. The maximum Gasteiger partial charge on any atom is 0.233 e. The minimum atomic E-state index is 0.127. The highest BCUT2D eigenvalue weighted by atomic mass is 32.2. The Kier molecular flexibility index (Phi) is 7.88. The van der Waals surface area contributed by atoms with Gasteiger partial charge in [0.1, 0.15) is 5.75 Å². The monoisotopic (exact) mass is 456 g/mol. The highest BCUT2D eigenvalue weighted by molar-refractivity contribution is 8.00. The summed E-state index contributed by atoms with van der Waals surface area (Å²) in [7, 11) is 1.68. The number of amides is 1. The van der Waals surface area contributed by atoms with E-state index in [1.807, 2.05) is 77.7 Å². The van der Waals surface area contributed by atoms with Crippen LogP contribution in [-0.4, -0.2) is 28.2 Å². The van der Waals surface area contributed by atoms with Crippen LogP contribution in [0, 0.1) is 0 Å². The Hall–Kier alpha value is -3.44. The van der Waals surface area contributed by atoms with Gasteiger partial charge in [0.25, 0.3) is 0 Å². The lowest BCUT2D eigenvalue weighted by molar-refractivity contribution is -0.129. The summed E-state index contributed by atoms with van der Waals surface area (Å²) in [6, 6.07) is 32.5. The van der Waals surface area contributed by atoms with Crippen molar-refractivity contribution in [3.63, 3.8) is 0 Å². The van der Waals surface area contributed by atoms with Crippen LogP contribution >= 0.6 is 11.8 Å². The number of carbonyl (C=O) groups is 1. The second-order valence-electron chi connectivity index (χ2n) is 7.82. The molecule has 0 unspecified atom stereocenters. The highest BCUT2D eigenvalue weighted by Crippen LogP contribution is 2.20. The molecule has 0 saturated heterocycles. The maximum atomic E-state index is 13.3. The molecule has 0 aliphatic heterocycles. The molecule has 4 rings (SSSR count). The molecule has 3 aromatic carbocycles. The molecule has 0 spiro atoms. The fraction of sp³-hybridized carbons (Fsp3) is 0.179. The van der Waals surface area contributed by atoms with E-state index in [0.29, 0.717) is 18.8 Å². The number of ether oxygens (including phenoxy) is 1. The van der Waals surface area contributed by atoms with Gasteiger partial charge in [-0.15, -0.1) is 11.8 Å². The predicted octanol–water partition coefficient (Wildman–Crippen LogP) is 5.87. The van der Waals surface area contributed by atoms with Crippen LogP contribution in [0.5, 0.6) is 5.75 Å². The number of rotatable bonds is 10. The standard InChI is InChI=1S/C28H28N2O2S/c1-32-26-14-8-12-24(18-26)20-29-17-9-13-25(29)21-30(19-23-10-4-2-5-11-23)28(31)22-33-27-15-6-3-7-16-27/h2-18H,19-22H2,1H3.